The molecule has 1 aromatic heterocycles. The van der Waals surface area contributed by atoms with E-state index in [0.29, 0.717) is 23.1 Å². The summed E-state index contributed by atoms with van der Waals surface area (Å²) in [6, 6.07) is 14.5. The van der Waals surface area contributed by atoms with Crippen LogP contribution in [0.1, 0.15) is 24.7 Å². The second kappa shape index (κ2) is 7.75. The van der Waals surface area contributed by atoms with Crippen LogP contribution in [-0.4, -0.2) is 20.8 Å². The van der Waals surface area contributed by atoms with Crippen LogP contribution in [0.15, 0.2) is 64.5 Å². The SMILES string of the molecule is CCCc1nc2ccccc2c(=O)n1/N=C/c1cc([N+](=O)[O-])c2ccccc2c1[O-]. The molecule has 0 N–H and O–H groups in total. The van der Waals surface area contributed by atoms with Gasteiger partial charge in [-0.25, -0.2) is 4.98 Å². The third kappa shape index (κ3) is 3.28. The Balaban J connectivity index is 1.91. The summed E-state index contributed by atoms with van der Waals surface area (Å²) in [5.74, 6) is 0.0685. The fraction of sp³-hybridized carbons (Fsp3) is 0.136. The van der Waals surface area contributed by atoms with Crippen molar-refractivity contribution in [1.29, 1.82) is 0 Å². The number of rotatable bonds is 5. The quantitative estimate of drug-likeness (QED) is 0.289. The molecular weight excluding hydrogens is 384 g/mol. The van der Waals surface area contributed by atoms with E-state index >= 15 is 0 Å². The molecule has 4 rings (SSSR count). The average Bonchev–Trinajstić information content (AvgIpc) is 2.75. The van der Waals surface area contributed by atoms with E-state index in [1.54, 1.807) is 36.4 Å². The zero-order chi connectivity index (χ0) is 21.3. The number of nitrogens with zero attached hydrogens (tertiary/aromatic N) is 4. The fourth-order valence-electron chi connectivity index (χ4n) is 3.39. The van der Waals surface area contributed by atoms with Gasteiger partial charge in [-0.1, -0.05) is 43.0 Å². The third-order valence-electron chi connectivity index (χ3n) is 4.81. The molecule has 3 aromatic carbocycles. The van der Waals surface area contributed by atoms with Crippen molar-refractivity contribution in [1.82, 2.24) is 9.66 Å². The van der Waals surface area contributed by atoms with Gasteiger partial charge in [-0.05, 0) is 35.6 Å². The maximum Gasteiger partial charge on any atom is 0.282 e. The highest BCUT2D eigenvalue weighted by atomic mass is 16.6. The van der Waals surface area contributed by atoms with Crippen LogP contribution < -0.4 is 10.7 Å². The van der Waals surface area contributed by atoms with Gasteiger partial charge in [0.25, 0.3) is 11.2 Å². The van der Waals surface area contributed by atoms with Crippen molar-refractivity contribution in [2.45, 2.75) is 19.8 Å². The van der Waals surface area contributed by atoms with E-state index in [4.69, 9.17) is 0 Å². The number of nitro benzene ring substituents is 1. The van der Waals surface area contributed by atoms with Crippen LogP contribution in [0.3, 0.4) is 0 Å². The van der Waals surface area contributed by atoms with Crippen LogP contribution in [0, 0.1) is 10.1 Å². The molecule has 0 bridgehead atoms. The molecule has 150 valence electrons. The Hall–Kier alpha value is -4.07. The van der Waals surface area contributed by atoms with Crippen LogP contribution in [0.2, 0.25) is 0 Å². The monoisotopic (exact) mass is 401 g/mol. The first kappa shape index (κ1) is 19.3. The van der Waals surface area contributed by atoms with E-state index in [1.165, 1.54) is 24.4 Å². The normalized spacial score (nSPS) is 11.5. The summed E-state index contributed by atoms with van der Waals surface area (Å²) in [7, 11) is 0. The lowest BCUT2D eigenvalue weighted by molar-refractivity contribution is -0.383. The molecule has 0 saturated heterocycles. The summed E-state index contributed by atoms with van der Waals surface area (Å²) >= 11 is 0. The zero-order valence-electron chi connectivity index (χ0n) is 16.1. The second-order valence-corrected chi connectivity index (χ2v) is 6.77. The van der Waals surface area contributed by atoms with Gasteiger partial charge in [-0.3, -0.25) is 14.9 Å². The third-order valence-corrected chi connectivity index (χ3v) is 4.81. The zero-order valence-corrected chi connectivity index (χ0v) is 16.1. The molecule has 0 aliphatic heterocycles. The number of aryl methyl sites for hydroxylation is 1. The molecule has 0 radical (unpaired) electrons. The highest BCUT2D eigenvalue weighted by Crippen LogP contribution is 2.33. The van der Waals surface area contributed by atoms with Crippen LogP contribution in [0.25, 0.3) is 21.7 Å². The lowest BCUT2D eigenvalue weighted by atomic mass is 10.0. The molecule has 0 aliphatic carbocycles. The molecule has 0 aliphatic rings. The molecule has 0 saturated carbocycles. The Labute approximate surface area is 170 Å². The van der Waals surface area contributed by atoms with Crippen molar-refractivity contribution in [2.24, 2.45) is 5.10 Å². The van der Waals surface area contributed by atoms with Crippen molar-refractivity contribution >= 4 is 33.6 Å². The molecular formula is C22H17N4O4-. The summed E-state index contributed by atoms with van der Waals surface area (Å²) in [5, 5.41) is 29.4. The first-order chi connectivity index (χ1) is 14.5. The number of hydrogen-bond acceptors (Lipinski definition) is 6. The van der Waals surface area contributed by atoms with E-state index in [9.17, 15) is 20.0 Å². The first-order valence-electron chi connectivity index (χ1n) is 9.43. The van der Waals surface area contributed by atoms with Gasteiger partial charge in [0.15, 0.2) is 0 Å². The highest BCUT2D eigenvalue weighted by Gasteiger charge is 2.15. The lowest BCUT2D eigenvalue weighted by Gasteiger charge is -2.15. The average molecular weight is 401 g/mol. The Morgan fingerprint density at radius 3 is 2.47 bits per heavy atom. The van der Waals surface area contributed by atoms with Crippen molar-refractivity contribution in [3.05, 3.63) is 86.5 Å². The number of nitro groups is 1. The minimum Gasteiger partial charge on any atom is -0.872 e. The minimum atomic E-state index is -0.536. The van der Waals surface area contributed by atoms with Gasteiger partial charge in [0, 0.05) is 12.5 Å². The van der Waals surface area contributed by atoms with Gasteiger partial charge in [0.05, 0.1) is 27.4 Å². The molecule has 30 heavy (non-hydrogen) atoms. The minimum absolute atomic E-state index is 0.0305. The van der Waals surface area contributed by atoms with Crippen LogP contribution in [0.4, 0.5) is 5.69 Å². The predicted molar refractivity (Wildman–Crippen MR) is 113 cm³/mol. The van der Waals surface area contributed by atoms with Gasteiger partial charge in [0.1, 0.15) is 5.82 Å². The Bertz CT molecular complexity index is 1380. The van der Waals surface area contributed by atoms with E-state index in [-0.39, 0.29) is 27.6 Å². The van der Waals surface area contributed by atoms with Crippen LogP contribution >= 0.6 is 0 Å². The Morgan fingerprint density at radius 1 is 1.10 bits per heavy atom. The van der Waals surface area contributed by atoms with Crippen molar-refractivity contribution < 1.29 is 10.0 Å². The number of aromatic nitrogens is 2. The second-order valence-electron chi connectivity index (χ2n) is 6.77. The predicted octanol–water partition coefficient (Wildman–Crippen LogP) is 3.37. The Morgan fingerprint density at radius 2 is 1.77 bits per heavy atom. The van der Waals surface area contributed by atoms with E-state index in [0.717, 1.165) is 11.1 Å². The molecule has 4 aromatic rings. The van der Waals surface area contributed by atoms with Gasteiger partial charge < -0.3 is 5.11 Å². The van der Waals surface area contributed by atoms with E-state index < -0.39 is 10.7 Å². The summed E-state index contributed by atoms with van der Waals surface area (Å²) in [6.07, 6.45) is 2.45. The molecule has 0 fully saturated rings. The van der Waals surface area contributed by atoms with E-state index in [2.05, 4.69) is 10.1 Å². The topological polar surface area (TPSA) is 113 Å². The van der Waals surface area contributed by atoms with Crippen molar-refractivity contribution in [3.63, 3.8) is 0 Å². The standard InChI is InChI=1S/C22H18N4O4/c1-2-7-20-24-18-11-6-5-10-17(18)22(28)25(20)23-13-14-12-19(26(29)30)15-8-3-4-9-16(15)21(14)27/h3-6,8-13,27H,2,7H2,1H3/p-1/b23-13+. The molecule has 8 heteroatoms. The number of hydrogen-bond donors (Lipinski definition) is 0. The molecule has 0 amide bonds. The smallest absolute Gasteiger partial charge is 0.282 e. The van der Waals surface area contributed by atoms with Gasteiger partial charge in [0.2, 0.25) is 0 Å². The number of non-ortho nitro benzene ring substituents is 1. The summed E-state index contributed by atoms with van der Waals surface area (Å²) in [4.78, 5) is 28.4. The largest absolute Gasteiger partial charge is 0.872 e. The fourth-order valence-corrected chi connectivity index (χ4v) is 3.39. The number of benzene rings is 3. The molecule has 0 spiro atoms. The Kier molecular flexibility index (Phi) is 4.97. The van der Waals surface area contributed by atoms with Gasteiger partial charge in [-0.2, -0.15) is 9.78 Å². The van der Waals surface area contributed by atoms with Crippen LogP contribution in [-0.2, 0) is 6.42 Å². The maximum absolute atomic E-state index is 12.9. The summed E-state index contributed by atoms with van der Waals surface area (Å²) in [5.41, 5.74) is 0.0543. The highest BCUT2D eigenvalue weighted by molar-refractivity contribution is 6.01. The molecule has 0 atom stereocenters. The first-order valence-corrected chi connectivity index (χ1v) is 9.43. The number of fused-ring (bicyclic) bond motifs is 2. The maximum atomic E-state index is 12.9. The van der Waals surface area contributed by atoms with Crippen LogP contribution in [0.5, 0.6) is 5.75 Å². The molecule has 1 heterocycles. The summed E-state index contributed by atoms with van der Waals surface area (Å²) in [6.45, 7) is 1.96. The van der Waals surface area contributed by atoms with Crippen molar-refractivity contribution in [3.8, 4) is 5.75 Å². The van der Waals surface area contributed by atoms with Gasteiger partial charge in [-0.15, -0.1) is 0 Å². The molecule has 0 unspecified atom stereocenters. The molecule has 8 nitrogen and oxygen atoms in total. The van der Waals surface area contributed by atoms with E-state index in [1.807, 2.05) is 6.92 Å². The van der Waals surface area contributed by atoms with Gasteiger partial charge >= 0.3 is 0 Å². The number of para-hydroxylation sites is 1. The summed E-state index contributed by atoms with van der Waals surface area (Å²) < 4.78 is 1.16. The lowest BCUT2D eigenvalue weighted by Crippen LogP contribution is -2.22. The van der Waals surface area contributed by atoms with Crippen molar-refractivity contribution in [2.75, 3.05) is 0 Å².